The molecule has 0 aliphatic rings. The maximum absolute atomic E-state index is 12.3. The van der Waals surface area contributed by atoms with Crippen LogP contribution in [-0.4, -0.2) is 28.0 Å². The second-order valence-electron chi connectivity index (χ2n) is 5.21. The SMILES string of the molecule is COc1cnc(C(C)(C)NC(=O)c2cc(Cl)nc(Cl)c2)[nH]c1=O. The van der Waals surface area contributed by atoms with E-state index in [2.05, 4.69) is 20.3 Å². The first-order chi connectivity index (χ1) is 10.7. The van der Waals surface area contributed by atoms with Gasteiger partial charge in [-0.3, -0.25) is 9.59 Å². The van der Waals surface area contributed by atoms with E-state index in [0.29, 0.717) is 0 Å². The first-order valence-electron chi connectivity index (χ1n) is 6.52. The molecule has 0 aromatic carbocycles. The molecule has 0 bridgehead atoms. The molecule has 2 rings (SSSR count). The summed E-state index contributed by atoms with van der Waals surface area (Å²) in [5.41, 5.74) is -1.13. The summed E-state index contributed by atoms with van der Waals surface area (Å²) in [7, 11) is 1.37. The molecular formula is C14H14Cl2N4O3. The van der Waals surface area contributed by atoms with E-state index in [9.17, 15) is 9.59 Å². The Morgan fingerprint density at radius 2 is 1.91 bits per heavy atom. The number of H-pyrrole nitrogens is 1. The van der Waals surface area contributed by atoms with Gasteiger partial charge >= 0.3 is 0 Å². The molecule has 0 spiro atoms. The average molecular weight is 357 g/mol. The third-order valence-electron chi connectivity index (χ3n) is 3.03. The van der Waals surface area contributed by atoms with Gasteiger partial charge in [-0.15, -0.1) is 0 Å². The third-order valence-corrected chi connectivity index (χ3v) is 3.42. The Bertz CT molecular complexity index is 785. The van der Waals surface area contributed by atoms with Crippen LogP contribution in [0.25, 0.3) is 0 Å². The van der Waals surface area contributed by atoms with Gasteiger partial charge < -0.3 is 15.0 Å². The molecule has 0 unspecified atom stereocenters. The zero-order valence-corrected chi connectivity index (χ0v) is 14.1. The number of halogens is 2. The van der Waals surface area contributed by atoms with E-state index >= 15 is 0 Å². The Labute approximate surface area is 142 Å². The minimum absolute atomic E-state index is 0.0866. The lowest BCUT2D eigenvalue weighted by Gasteiger charge is -2.25. The molecule has 0 saturated carbocycles. The van der Waals surface area contributed by atoms with Gasteiger partial charge in [0.25, 0.3) is 11.5 Å². The number of hydrogen-bond donors (Lipinski definition) is 2. The predicted molar refractivity (Wildman–Crippen MR) is 86.2 cm³/mol. The van der Waals surface area contributed by atoms with Crippen LogP contribution in [0.1, 0.15) is 30.0 Å². The number of amides is 1. The summed E-state index contributed by atoms with van der Waals surface area (Å²) in [4.78, 5) is 34.6. The van der Waals surface area contributed by atoms with Gasteiger partial charge in [0.2, 0.25) is 5.75 Å². The molecule has 1 amide bonds. The van der Waals surface area contributed by atoms with Crippen molar-refractivity contribution in [2.45, 2.75) is 19.4 Å². The number of pyridine rings is 1. The lowest BCUT2D eigenvalue weighted by atomic mass is 10.0. The zero-order valence-electron chi connectivity index (χ0n) is 12.6. The van der Waals surface area contributed by atoms with Crippen LogP contribution in [0, 0.1) is 0 Å². The molecule has 0 fully saturated rings. The first-order valence-corrected chi connectivity index (χ1v) is 7.28. The monoisotopic (exact) mass is 356 g/mol. The highest BCUT2D eigenvalue weighted by Gasteiger charge is 2.27. The van der Waals surface area contributed by atoms with Crippen molar-refractivity contribution in [3.05, 3.63) is 50.4 Å². The number of aromatic amines is 1. The molecule has 23 heavy (non-hydrogen) atoms. The van der Waals surface area contributed by atoms with Crippen molar-refractivity contribution in [1.29, 1.82) is 0 Å². The average Bonchev–Trinajstić information content (AvgIpc) is 2.45. The van der Waals surface area contributed by atoms with Crippen molar-refractivity contribution in [3.63, 3.8) is 0 Å². The van der Waals surface area contributed by atoms with E-state index in [0.717, 1.165) is 0 Å². The third kappa shape index (κ3) is 4.00. The summed E-state index contributed by atoms with van der Waals surface area (Å²) in [6.07, 6.45) is 1.29. The molecule has 2 aromatic heterocycles. The lowest BCUT2D eigenvalue weighted by molar-refractivity contribution is 0.0908. The van der Waals surface area contributed by atoms with Crippen molar-refractivity contribution in [1.82, 2.24) is 20.3 Å². The van der Waals surface area contributed by atoms with Gasteiger partial charge in [-0.1, -0.05) is 23.2 Å². The van der Waals surface area contributed by atoms with Gasteiger partial charge in [0.05, 0.1) is 18.8 Å². The van der Waals surface area contributed by atoms with Gasteiger partial charge in [0, 0.05) is 5.56 Å². The summed E-state index contributed by atoms with van der Waals surface area (Å²) >= 11 is 11.6. The number of rotatable bonds is 4. The summed E-state index contributed by atoms with van der Waals surface area (Å²) in [5.74, 6) is -0.0638. The van der Waals surface area contributed by atoms with Crippen LogP contribution in [0.4, 0.5) is 0 Å². The Balaban J connectivity index is 2.28. The minimum Gasteiger partial charge on any atom is -0.490 e. The Hall–Kier alpha value is -2.12. The van der Waals surface area contributed by atoms with Crippen LogP contribution < -0.4 is 15.6 Å². The van der Waals surface area contributed by atoms with Gasteiger partial charge in [-0.2, -0.15) is 0 Å². The summed E-state index contributed by atoms with van der Waals surface area (Å²) in [5, 5.41) is 2.97. The van der Waals surface area contributed by atoms with Gasteiger partial charge in [-0.05, 0) is 26.0 Å². The molecule has 2 N–H and O–H groups in total. The Morgan fingerprint density at radius 1 is 1.30 bits per heavy atom. The largest absolute Gasteiger partial charge is 0.490 e. The normalized spacial score (nSPS) is 11.2. The lowest BCUT2D eigenvalue weighted by Crippen LogP contribution is -2.43. The molecule has 9 heteroatoms. The highest BCUT2D eigenvalue weighted by Crippen LogP contribution is 2.19. The standard InChI is InChI=1S/C14H14Cl2N4O3/c1-14(2,13-17-6-8(23-3)12(22)19-13)20-11(21)7-4-9(15)18-10(16)5-7/h4-6H,1-3H3,(H,20,21)(H,17,19,22). The molecule has 7 nitrogen and oxygen atoms in total. The highest BCUT2D eigenvalue weighted by molar-refractivity contribution is 6.33. The van der Waals surface area contributed by atoms with Crippen LogP contribution in [-0.2, 0) is 5.54 Å². The fourth-order valence-electron chi connectivity index (χ4n) is 1.86. The van der Waals surface area contributed by atoms with Gasteiger partial charge in [-0.25, -0.2) is 9.97 Å². The zero-order chi connectivity index (χ0) is 17.2. The second-order valence-corrected chi connectivity index (χ2v) is 5.98. The number of nitrogens with zero attached hydrogens (tertiary/aromatic N) is 2. The Morgan fingerprint density at radius 3 is 2.43 bits per heavy atom. The number of hydrogen-bond acceptors (Lipinski definition) is 5. The van der Waals surface area contributed by atoms with E-state index in [1.54, 1.807) is 13.8 Å². The van der Waals surface area contributed by atoms with Crippen molar-refractivity contribution in [3.8, 4) is 5.75 Å². The fraction of sp³-hybridized carbons (Fsp3) is 0.286. The Kier molecular flexibility index (Phi) is 4.91. The van der Waals surface area contributed by atoms with Crippen molar-refractivity contribution >= 4 is 29.1 Å². The van der Waals surface area contributed by atoms with E-state index < -0.39 is 17.0 Å². The smallest absolute Gasteiger partial charge is 0.293 e. The number of carbonyl (C=O) groups is 1. The second kappa shape index (κ2) is 6.55. The predicted octanol–water partition coefficient (Wildman–Crippen LogP) is 2.15. The number of nitrogens with one attached hydrogen (secondary N) is 2. The topological polar surface area (TPSA) is 97.0 Å². The summed E-state index contributed by atoms with van der Waals surface area (Å²) in [6.45, 7) is 3.39. The number of carbonyl (C=O) groups excluding carboxylic acids is 1. The molecule has 0 atom stereocenters. The van der Waals surface area contributed by atoms with Gasteiger partial charge in [0.15, 0.2) is 0 Å². The van der Waals surface area contributed by atoms with Crippen LogP contribution in [0.15, 0.2) is 23.1 Å². The molecular weight excluding hydrogens is 343 g/mol. The number of methoxy groups -OCH3 is 1. The van der Waals surface area contributed by atoms with Gasteiger partial charge in [0.1, 0.15) is 16.1 Å². The molecule has 122 valence electrons. The number of ether oxygens (including phenoxy) is 1. The minimum atomic E-state index is -0.940. The quantitative estimate of drug-likeness (QED) is 0.818. The molecule has 0 radical (unpaired) electrons. The summed E-state index contributed by atoms with van der Waals surface area (Å²) < 4.78 is 4.86. The van der Waals surface area contributed by atoms with E-state index in [1.165, 1.54) is 25.4 Å². The van der Waals surface area contributed by atoms with Crippen molar-refractivity contribution < 1.29 is 9.53 Å². The van der Waals surface area contributed by atoms with Crippen LogP contribution in [0.3, 0.4) is 0 Å². The van der Waals surface area contributed by atoms with Crippen LogP contribution in [0.5, 0.6) is 5.75 Å². The molecule has 0 aliphatic heterocycles. The van der Waals surface area contributed by atoms with Crippen LogP contribution in [0.2, 0.25) is 10.3 Å². The molecule has 0 aliphatic carbocycles. The van der Waals surface area contributed by atoms with E-state index in [-0.39, 0.29) is 27.4 Å². The maximum atomic E-state index is 12.3. The highest BCUT2D eigenvalue weighted by atomic mass is 35.5. The number of aromatic nitrogens is 3. The fourth-order valence-corrected chi connectivity index (χ4v) is 2.32. The van der Waals surface area contributed by atoms with Crippen molar-refractivity contribution in [2.24, 2.45) is 0 Å². The van der Waals surface area contributed by atoms with E-state index in [1.807, 2.05) is 0 Å². The van der Waals surface area contributed by atoms with Crippen molar-refractivity contribution in [2.75, 3.05) is 7.11 Å². The summed E-state index contributed by atoms with van der Waals surface area (Å²) in [6, 6.07) is 2.78. The molecule has 2 heterocycles. The molecule has 0 saturated heterocycles. The molecule has 2 aromatic rings. The van der Waals surface area contributed by atoms with Crippen LogP contribution >= 0.6 is 23.2 Å². The van der Waals surface area contributed by atoms with E-state index in [4.69, 9.17) is 27.9 Å². The maximum Gasteiger partial charge on any atom is 0.293 e. The first kappa shape index (κ1) is 17.2.